The summed E-state index contributed by atoms with van der Waals surface area (Å²) in [5.41, 5.74) is 0. The molecule has 0 aliphatic carbocycles. The summed E-state index contributed by atoms with van der Waals surface area (Å²) in [6, 6.07) is 0. The van der Waals surface area contributed by atoms with Crippen molar-refractivity contribution in [3.8, 4) is 0 Å². The number of hydrogen-bond donors (Lipinski definition) is 1. The monoisotopic (exact) mass is 859 g/mol. The Morgan fingerprint density at radius 1 is 0.508 bits per heavy atom. The minimum absolute atomic E-state index is 0.0910. The molecule has 0 saturated carbocycles. The molecule has 0 amide bonds. The first-order chi connectivity index (χ1) is 28.6. The molecule has 1 N–H and O–H groups in total. The van der Waals surface area contributed by atoms with Gasteiger partial charge in [0.05, 0.1) is 34.4 Å². The van der Waals surface area contributed by atoms with Gasteiger partial charge in [-0.15, -0.1) is 0 Å². The second-order valence-electron chi connectivity index (χ2n) is 18.6. The SMILES string of the molecule is CCCCCCCCC/C=C\CCCCCCCCOCC(COP(=O)(O)OCC[N+](C)(C)C)OC(=O)CCCCCCCCCCCCCCCCCCCCCC. The van der Waals surface area contributed by atoms with Crippen molar-refractivity contribution in [1.29, 1.82) is 0 Å². The number of phosphoric acid groups is 1. The number of phosphoric ester groups is 1. The molecule has 2 unspecified atom stereocenters. The van der Waals surface area contributed by atoms with Gasteiger partial charge in [-0.05, 0) is 38.5 Å². The van der Waals surface area contributed by atoms with Crippen LogP contribution in [0.25, 0.3) is 0 Å². The topological polar surface area (TPSA) is 91.3 Å². The quantitative estimate of drug-likeness (QED) is 0.0214. The van der Waals surface area contributed by atoms with E-state index in [1.54, 1.807) is 0 Å². The molecule has 0 bridgehead atoms. The van der Waals surface area contributed by atoms with Gasteiger partial charge in [-0.2, -0.15) is 0 Å². The number of unbranched alkanes of at least 4 members (excludes halogenated alkanes) is 32. The summed E-state index contributed by atoms with van der Waals surface area (Å²) in [5, 5.41) is 0. The third kappa shape index (κ3) is 48.1. The van der Waals surface area contributed by atoms with Crippen LogP contribution in [-0.2, 0) is 27.9 Å². The molecule has 0 aliphatic rings. The van der Waals surface area contributed by atoms with E-state index in [0.29, 0.717) is 24.1 Å². The number of carbonyl (C=O) groups excluding carboxylic acids is 1. The number of hydrogen-bond acceptors (Lipinski definition) is 6. The molecule has 0 aromatic rings. The molecule has 0 fully saturated rings. The van der Waals surface area contributed by atoms with E-state index in [9.17, 15) is 14.3 Å². The van der Waals surface area contributed by atoms with Crippen LogP contribution in [0.3, 0.4) is 0 Å². The van der Waals surface area contributed by atoms with Crippen molar-refractivity contribution in [1.82, 2.24) is 0 Å². The fourth-order valence-electron chi connectivity index (χ4n) is 7.37. The second kappa shape index (κ2) is 43.9. The number of allylic oxidation sites excluding steroid dienone is 2. The van der Waals surface area contributed by atoms with Gasteiger partial charge < -0.3 is 18.9 Å². The molecule has 8 nitrogen and oxygen atoms in total. The number of nitrogens with zero attached hydrogens (tertiary/aromatic N) is 1. The summed E-state index contributed by atoms with van der Waals surface area (Å²) < 4.78 is 35.1. The van der Waals surface area contributed by atoms with Crippen LogP contribution in [0.5, 0.6) is 0 Å². The maximum Gasteiger partial charge on any atom is 0.472 e. The van der Waals surface area contributed by atoms with Gasteiger partial charge in [-0.1, -0.05) is 212 Å². The Morgan fingerprint density at radius 2 is 0.881 bits per heavy atom. The standard InChI is InChI=1S/C50H100NO7P/c1-6-8-10-12-14-16-18-20-22-24-25-26-27-29-31-33-35-37-39-41-43-50(52)58-49(48-57-59(53,54)56-46-44-51(3,4)5)47-55-45-42-40-38-36-34-32-30-28-23-21-19-17-15-13-11-9-7-2/h23,28,49H,6-22,24-27,29-48H2,1-5H3/p+1/b28-23-. The van der Waals surface area contributed by atoms with Gasteiger partial charge in [0, 0.05) is 13.0 Å². The lowest BCUT2D eigenvalue weighted by Gasteiger charge is -2.24. The lowest BCUT2D eigenvalue weighted by molar-refractivity contribution is -0.870. The van der Waals surface area contributed by atoms with Crippen molar-refractivity contribution in [2.75, 3.05) is 54.1 Å². The van der Waals surface area contributed by atoms with Crippen molar-refractivity contribution in [2.45, 2.75) is 251 Å². The first-order valence-corrected chi connectivity index (χ1v) is 26.9. The van der Waals surface area contributed by atoms with Gasteiger partial charge in [0.1, 0.15) is 19.3 Å². The highest BCUT2D eigenvalue weighted by atomic mass is 31.2. The Labute approximate surface area is 367 Å². The highest BCUT2D eigenvalue weighted by molar-refractivity contribution is 7.47. The molecule has 59 heavy (non-hydrogen) atoms. The second-order valence-corrected chi connectivity index (χ2v) is 20.0. The average molecular weight is 859 g/mol. The summed E-state index contributed by atoms with van der Waals surface area (Å²) in [6.45, 7) is 5.66. The van der Waals surface area contributed by atoms with E-state index in [-0.39, 0.29) is 25.8 Å². The number of quaternary nitrogens is 1. The summed E-state index contributed by atoms with van der Waals surface area (Å²) in [6.07, 6.45) is 49.7. The van der Waals surface area contributed by atoms with E-state index in [4.69, 9.17) is 18.5 Å². The van der Waals surface area contributed by atoms with E-state index in [0.717, 1.165) is 32.1 Å². The zero-order chi connectivity index (χ0) is 43.4. The predicted octanol–water partition coefficient (Wildman–Crippen LogP) is 15.4. The van der Waals surface area contributed by atoms with E-state index >= 15 is 0 Å². The van der Waals surface area contributed by atoms with E-state index in [1.807, 2.05) is 21.1 Å². The normalized spacial score (nSPS) is 13.7. The predicted molar refractivity (Wildman–Crippen MR) is 252 cm³/mol. The highest BCUT2D eigenvalue weighted by Crippen LogP contribution is 2.43. The smallest absolute Gasteiger partial charge is 0.457 e. The van der Waals surface area contributed by atoms with E-state index in [1.165, 1.54) is 193 Å². The summed E-state index contributed by atoms with van der Waals surface area (Å²) in [5.74, 6) is -0.309. The summed E-state index contributed by atoms with van der Waals surface area (Å²) in [4.78, 5) is 23.0. The molecule has 352 valence electrons. The van der Waals surface area contributed by atoms with Crippen molar-refractivity contribution in [2.24, 2.45) is 0 Å². The van der Waals surface area contributed by atoms with Gasteiger partial charge in [0.2, 0.25) is 0 Å². The zero-order valence-electron chi connectivity index (χ0n) is 40.0. The third-order valence-corrected chi connectivity index (χ3v) is 12.3. The minimum atomic E-state index is -4.27. The molecular weight excluding hydrogens is 758 g/mol. The van der Waals surface area contributed by atoms with Gasteiger partial charge in [-0.3, -0.25) is 13.8 Å². The van der Waals surface area contributed by atoms with Crippen molar-refractivity contribution < 1.29 is 37.3 Å². The highest BCUT2D eigenvalue weighted by Gasteiger charge is 2.26. The molecule has 0 aromatic heterocycles. The van der Waals surface area contributed by atoms with E-state index in [2.05, 4.69) is 26.0 Å². The van der Waals surface area contributed by atoms with Gasteiger partial charge in [0.15, 0.2) is 0 Å². The molecular formula is C50H101NO7P+. The van der Waals surface area contributed by atoms with E-state index < -0.39 is 13.9 Å². The van der Waals surface area contributed by atoms with Crippen LogP contribution in [-0.4, -0.2) is 75.6 Å². The van der Waals surface area contributed by atoms with Crippen molar-refractivity contribution in [3.05, 3.63) is 12.2 Å². The number of likely N-dealkylation sites (N-methyl/N-ethyl adjacent to an activating group) is 1. The van der Waals surface area contributed by atoms with Crippen LogP contribution in [0, 0.1) is 0 Å². The Kier molecular flexibility index (Phi) is 43.3. The van der Waals surface area contributed by atoms with Gasteiger partial charge >= 0.3 is 13.8 Å². The van der Waals surface area contributed by atoms with Gasteiger partial charge in [0.25, 0.3) is 0 Å². The molecule has 2 atom stereocenters. The largest absolute Gasteiger partial charge is 0.472 e. The molecule has 0 heterocycles. The first-order valence-electron chi connectivity index (χ1n) is 25.4. The molecule has 0 saturated heterocycles. The zero-order valence-corrected chi connectivity index (χ0v) is 40.9. The Balaban J connectivity index is 4.12. The van der Waals surface area contributed by atoms with Crippen LogP contribution in [0.1, 0.15) is 245 Å². The minimum Gasteiger partial charge on any atom is -0.457 e. The van der Waals surface area contributed by atoms with Crippen LogP contribution in [0.15, 0.2) is 12.2 Å². The van der Waals surface area contributed by atoms with Crippen LogP contribution >= 0.6 is 7.82 Å². The summed E-state index contributed by atoms with van der Waals surface area (Å²) in [7, 11) is 1.68. The number of rotatable bonds is 48. The molecule has 0 spiro atoms. The van der Waals surface area contributed by atoms with Crippen molar-refractivity contribution >= 4 is 13.8 Å². The molecule has 9 heteroatoms. The Morgan fingerprint density at radius 3 is 1.29 bits per heavy atom. The Hall–Kier alpha value is -0.760. The third-order valence-electron chi connectivity index (χ3n) is 11.3. The fraction of sp³-hybridized carbons (Fsp3) is 0.940. The molecule has 0 radical (unpaired) electrons. The fourth-order valence-corrected chi connectivity index (χ4v) is 8.11. The van der Waals surface area contributed by atoms with Crippen LogP contribution in [0.4, 0.5) is 0 Å². The number of carbonyl (C=O) groups is 1. The maximum absolute atomic E-state index is 12.8. The maximum atomic E-state index is 12.8. The molecule has 0 aromatic carbocycles. The number of esters is 1. The number of ether oxygens (including phenoxy) is 2. The summed E-state index contributed by atoms with van der Waals surface area (Å²) >= 11 is 0. The Bertz CT molecular complexity index is 956. The van der Waals surface area contributed by atoms with Crippen LogP contribution < -0.4 is 0 Å². The molecule has 0 rings (SSSR count). The van der Waals surface area contributed by atoms with Crippen molar-refractivity contribution in [3.63, 3.8) is 0 Å². The lowest BCUT2D eigenvalue weighted by Crippen LogP contribution is -2.37. The van der Waals surface area contributed by atoms with Gasteiger partial charge in [-0.25, -0.2) is 4.57 Å². The van der Waals surface area contributed by atoms with Crippen LogP contribution in [0.2, 0.25) is 0 Å². The average Bonchev–Trinajstić information content (AvgIpc) is 3.19. The first kappa shape index (κ1) is 58.2. The lowest BCUT2D eigenvalue weighted by atomic mass is 10.0. The molecule has 0 aliphatic heterocycles.